The third-order valence-electron chi connectivity index (χ3n) is 4.28. The van der Waals surface area contributed by atoms with Crippen molar-refractivity contribution in [3.05, 3.63) is 47.4 Å². The Morgan fingerprint density at radius 1 is 1.31 bits per heavy atom. The van der Waals surface area contributed by atoms with Gasteiger partial charge >= 0.3 is 0 Å². The minimum Gasteiger partial charge on any atom is -0.468 e. The predicted molar refractivity (Wildman–Crippen MR) is 96.9 cm³/mol. The number of nitrogens with zero attached hydrogens (tertiary/aromatic N) is 3. The largest absolute Gasteiger partial charge is 0.468 e. The number of hydrogen-bond donors (Lipinski definition) is 1. The number of ether oxygens (including phenoxy) is 1. The molecule has 26 heavy (non-hydrogen) atoms. The second-order valence-corrected chi connectivity index (χ2v) is 6.79. The number of furan rings is 1. The van der Waals surface area contributed by atoms with Crippen LogP contribution < -0.4 is 5.32 Å². The van der Waals surface area contributed by atoms with Crippen LogP contribution in [-0.2, 0) is 4.74 Å². The van der Waals surface area contributed by atoms with Gasteiger partial charge in [0.2, 0.25) is 17.5 Å². The van der Waals surface area contributed by atoms with Crippen LogP contribution in [0.2, 0.25) is 0 Å². The maximum absolute atomic E-state index is 9.37. The van der Waals surface area contributed by atoms with Crippen LogP contribution in [0.1, 0.15) is 17.5 Å². The fourth-order valence-corrected chi connectivity index (χ4v) is 3.64. The quantitative estimate of drug-likeness (QED) is 0.712. The topological polar surface area (TPSA) is 87.5 Å². The van der Waals surface area contributed by atoms with Crippen molar-refractivity contribution in [3.8, 4) is 16.8 Å². The zero-order valence-electron chi connectivity index (χ0n) is 14.1. The fourth-order valence-electron chi connectivity index (χ4n) is 2.99. The first kappa shape index (κ1) is 16.8. The lowest BCUT2D eigenvalue weighted by Crippen LogP contribution is -2.41. The third kappa shape index (κ3) is 3.51. The normalized spacial score (nSPS) is 16.3. The molecule has 1 saturated heterocycles. The van der Waals surface area contributed by atoms with E-state index in [1.807, 2.05) is 29.6 Å². The molecule has 0 saturated carbocycles. The minimum atomic E-state index is 0.0238. The summed E-state index contributed by atoms with van der Waals surface area (Å²) in [6, 6.07) is 9.81. The maximum atomic E-state index is 9.37. The van der Waals surface area contributed by atoms with Crippen molar-refractivity contribution in [1.82, 2.24) is 9.88 Å². The van der Waals surface area contributed by atoms with E-state index in [4.69, 9.17) is 13.6 Å². The molecule has 3 aromatic heterocycles. The van der Waals surface area contributed by atoms with Crippen molar-refractivity contribution < 1.29 is 13.6 Å². The summed E-state index contributed by atoms with van der Waals surface area (Å²) in [6.45, 7) is 3.60. The van der Waals surface area contributed by atoms with Gasteiger partial charge in [0.15, 0.2) is 0 Å². The molecule has 0 bridgehead atoms. The number of hydrogen-bond acceptors (Lipinski definition) is 8. The van der Waals surface area contributed by atoms with Gasteiger partial charge in [0.05, 0.1) is 30.4 Å². The van der Waals surface area contributed by atoms with E-state index in [1.54, 1.807) is 6.26 Å². The van der Waals surface area contributed by atoms with E-state index in [2.05, 4.69) is 21.3 Å². The SMILES string of the molecule is N#Cc1nc(-c2cccs2)oc1NCC(c1ccco1)N1CCOCC1. The fraction of sp³-hybridized carbons (Fsp3) is 0.333. The average Bonchev–Trinajstić information content (AvgIpc) is 3.44. The molecule has 0 aromatic carbocycles. The maximum Gasteiger partial charge on any atom is 0.240 e. The molecule has 3 aromatic rings. The van der Waals surface area contributed by atoms with Crippen LogP contribution in [0.3, 0.4) is 0 Å². The van der Waals surface area contributed by atoms with Gasteiger partial charge in [0.25, 0.3) is 0 Å². The number of thiophene rings is 1. The lowest BCUT2D eigenvalue weighted by Gasteiger charge is -2.33. The summed E-state index contributed by atoms with van der Waals surface area (Å²) in [4.78, 5) is 7.48. The van der Waals surface area contributed by atoms with Gasteiger partial charge in [-0.3, -0.25) is 4.90 Å². The summed E-state index contributed by atoms with van der Waals surface area (Å²) in [7, 11) is 0. The number of nitrogens with one attached hydrogen (secondary N) is 1. The predicted octanol–water partition coefficient (Wildman–Crippen LogP) is 3.35. The van der Waals surface area contributed by atoms with E-state index < -0.39 is 0 Å². The van der Waals surface area contributed by atoms with E-state index >= 15 is 0 Å². The van der Waals surface area contributed by atoms with Crippen molar-refractivity contribution in [3.63, 3.8) is 0 Å². The van der Waals surface area contributed by atoms with Crippen LogP contribution in [0.15, 0.2) is 44.7 Å². The second-order valence-electron chi connectivity index (χ2n) is 5.85. The van der Waals surface area contributed by atoms with Gasteiger partial charge in [0, 0.05) is 19.6 Å². The highest BCUT2D eigenvalue weighted by Crippen LogP contribution is 2.30. The highest BCUT2D eigenvalue weighted by Gasteiger charge is 2.26. The molecule has 4 rings (SSSR count). The van der Waals surface area contributed by atoms with E-state index in [1.165, 1.54) is 11.3 Å². The van der Waals surface area contributed by atoms with Crippen LogP contribution in [0.5, 0.6) is 0 Å². The van der Waals surface area contributed by atoms with Crippen LogP contribution >= 0.6 is 11.3 Å². The zero-order valence-corrected chi connectivity index (χ0v) is 14.9. The van der Waals surface area contributed by atoms with Crippen molar-refractivity contribution in [2.75, 3.05) is 38.2 Å². The minimum absolute atomic E-state index is 0.0238. The Morgan fingerprint density at radius 2 is 2.19 bits per heavy atom. The summed E-state index contributed by atoms with van der Waals surface area (Å²) in [5.41, 5.74) is 0.258. The summed E-state index contributed by atoms with van der Waals surface area (Å²) < 4.78 is 16.9. The molecule has 1 fully saturated rings. The number of morpholine rings is 1. The highest BCUT2D eigenvalue weighted by atomic mass is 32.1. The van der Waals surface area contributed by atoms with Gasteiger partial charge in [-0.2, -0.15) is 10.2 Å². The van der Waals surface area contributed by atoms with Crippen LogP contribution in [0.4, 0.5) is 5.88 Å². The number of rotatable bonds is 6. The molecule has 1 aliphatic rings. The van der Waals surface area contributed by atoms with Gasteiger partial charge in [0.1, 0.15) is 11.8 Å². The second kappa shape index (κ2) is 7.74. The first-order valence-corrected chi connectivity index (χ1v) is 9.27. The monoisotopic (exact) mass is 370 g/mol. The molecule has 0 spiro atoms. The van der Waals surface area contributed by atoms with Gasteiger partial charge in [-0.15, -0.1) is 11.3 Å². The number of nitriles is 1. The van der Waals surface area contributed by atoms with Crippen molar-refractivity contribution in [2.24, 2.45) is 0 Å². The molecule has 4 heterocycles. The molecular formula is C18H18N4O3S. The van der Waals surface area contributed by atoms with Crippen molar-refractivity contribution in [2.45, 2.75) is 6.04 Å². The molecule has 0 amide bonds. The molecule has 1 N–H and O–H groups in total. The number of aromatic nitrogens is 1. The van der Waals surface area contributed by atoms with Gasteiger partial charge in [-0.25, -0.2) is 0 Å². The van der Waals surface area contributed by atoms with E-state index in [0.29, 0.717) is 31.5 Å². The molecule has 1 aliphatic heterocycles. The smallest absolute Gasteiger partial charge is 0.240 e. The molecule has 1 atom stereocenters. The van der Waals surface area contributed by atoms with Gasteiger partial charge < -0.3 is 18.9 Å². The summed E-state index contributed by atoms with van der Waals surface area (Å²) >= 11 is 1.52. The first-order valence-electron chi connectivity index (χ1n) is 8.39. The molecule has 0 aliphatic carbocycles. The average molecular weight is 370 g/mol. The van der Waals surface area contributed by atoms with E-state index in [0.717, 1.165) is 23.7 Å². The third-order valence-corrected chi connectivity index (χ3v) is 5.14. The Kier molecular flexibility index (Phi) is 5.02. The molecular weight excluding hydrogens is 352 g/mol. The Balaban J connectivity index is 1.53. The zero-order chi connectivity index (χ0) is 17.8. The lowest BCUT2D eigenvalue weighted by atomic mass is 10.1. The summed E-state index contributed by atoms with van der Waals surface area (Å²) in [5.74, 6) is 1.72. The van der Waals surface area contributed by atoms with Crippen LogP contribution in [-0.4, -0.2) is 42.7 Å². The number of anilines is 1. The van der Waals surface area contributed by atoms with Crippen LogP contribution in [0, 0.1) is 11.3 Å². The number of oxazole rings is 1. The molecule has 8 heteroatoms. The Labute approximate surface area is 154 Å². The molecule has 7 nitrogen and oxygen atoms in total. The van der Waals surface area contributed by atoms with Gasteiger partial charge in [-0.05, 0) is 23.6 Å². The van der Waals surface area contributed by atoms with Crippen molar-refractivity contribution in [1.29, 1.82) is 5.26 Å². The lowest BCUT2D eigenvalue weighted by molar-refractivity contribution is 0.0144. The molecule has 1 unspecified atom stereocenters. The standard InChI is InChI=1S/C18H18N4O3S/c19-11-13-17(25-18(21-13)16-4-2-10-26-16)20-12-14(15-3-1-7-24-15)22-5-8-23-9-6-22/h1-4,7,10,14,20H,5-6,8-9,12H2. The Morgan fingerprint density at radius 3 is 2.88 bits per heavy atom. The first-order chi connectivity index (χ1) is 12.8. The summed E-state index contributed by atoms with van der Waals surface area (Å²) in [6.07, 6.45) is 1.67. The summed E-state index contributed by atoms with van der Waals surface area (Å²) in [5, 5.41) is 14.6. The van der Waals surface area contributed by atoms with E-state index in [9.17, 15) is 5.26 Å². The van der Waals surface area contributed by atoms with Gasteiger partial charge in [-0.1, -0.05) is 6.07 Å². The molecule has 0 radical (unpaired) electrons. The van der Waals surface area contributed by atoms with Crippen LogP contribution in [0.25, 0.3) is 10.8 Å². The molecule has 134 valence electrons. The van der Waals surface area contributed by atoms with Crippen molar-refractivity contribution >= 4 is 17.2 Å². The Bertz CT molecular complexity index is 861. The highest BCUT2D eigenvalue weighted by molar-refractivity contribution is 7.13. The van der Waals surface area contributed by atoms with E-state index in [-0.39, 0.29) is 11.7 Å². The Hall–Kier alpha value is -2.60.